The topological polar surface area (TPSA) is 104 Å². The molecule has 0 saturated heterocycles. The standard InChI is InChI=1S/C12H15N5O3.C6H4/c1-7-14-11(16-13)15-12(18)17(7)8-4-5-9(19-2)10(6-8)20-3;1-2-6-4-3-5(1)6/h4-6H,13H2,1-3H3,(H,15,16,18);1-4H. The third-order valence-corrected chi connectivity index (χ3v) is 3.96. The molecule has 1 aromatic carbocycles. The van der Waals surface area contributed by atoms with Gasteiger partial charge in [-0.3, -0.25) is 5.43 Å². The second-order valence-corrected chi connectivity index (χ2v) is 5.47. The SMILES string of the molecule is COc1ccc(-n2c(C)nc(NN)nc2=O)cc1OC.c1cc2ccc1-2. The van der Waals surface area contributed by atoms with Crippen LogP contribution in [0.2, 0.25) is 0 Å². The zero-order valence-electron chi connectivity index (χ0n) is 14.7. The van der Waals surface area contributed by atoms with Gasteiger partial charge in [-0.15, -0.1) is 0 Å². The average molecular weight is 353 g/mol. The van der Waals surface area contributed by atoms with Crippen molar-refractivity contribution in [2.75, 3.05) is 19.6 Å². The normalized spacial score (nSPS) is 10.5. The molecule has 0 atom stereocenters. The van der Waals surface area contributed by atoms with E-state index in [-0.39, 0.29) is 5.95 Å². The number of aromatic nitrogens is 3. The minimum absolute atomic E-state index is 0.0734. The lowest BCUT2D eigenvalue weighted by Crippen LogP contribution is -2.27. The van der Waals surface area contributed by atoms with Gasteiger partial charge < -0.3 is 9.47 Å². The van der Waals surface area contributed by atoms with E-state index in [9.17, 15) is 4.79 Å². The molecule has 26 heavy (non-hydrogen) atoms. The molecule has 2 aliphatic rings. The van der Waals surface area contributed by atoms with Gasteiger partial charge in [-0.05, 0) is 30.2 Å². The number of anilines is 1. The van der Waals surface area contributed by atoms with Gasteiger partial charge in [-0.2, -0.15) is 9.97 Å². The summed E-state index contributed by atoms with van der Waals surface area (Å²) in [7, 11) is 3.06. The van der Waals surface area contributed by atoms with Gasteiger partial charge in [0, 0.05) is 6.07 Å². The van der Waals surface area contributed by atoms with Crippen molar-refractivity contribution >= 4 is 5.95 Å². The predicted octanol–water partition coefficient (Wildman–Crippen LogP) is 1.91. The van der Waals surface area contributed by atoms with Crippen molar-refractivity contribution in [3.05, 3.63) is 58.8 Å². The van der Waals surface area contributed by atoms with E-state index < -0.39 is 5.69 Å². The van der Waals surface area contributed by atoms with Crippen molar-refractivity contribution in [2.24, 2.45) is 5.84 Å². The summed E-state index contributed by atoms with van der Waals surface area (Å²) in [4.78, 5) is 19.8. The fourth-order valence-corrected chi connectivity index (χ4v) is 2.50. The van der Waals surface area contributed by atoms with Gasteiger partial charge in [-0.25, -0.2) is 15.2 Å². The molecule has 1 heterocycles. The van der Waals surface area contributed by atoms with E-state index >= 15 is 0 Å². The third kappa shape index (κ3) is 3.22. The summed E-state index contributed by atoms with van der Waals surface area (Å²) in [5.41, 5.74) is 5.19. The van der Waals surface area contributed by atoms with Crippen LogP contribution in [0.5, 0.6) is 11.5 Å². The molecule has 0 fully saturated rings. The third-order valence-electron chi connectivity index (χ3n) is 3.96. The number of rotatable bonds is 4. The number of nitrogens with one attached hydrogen (secondary N) is 1. The highest BCUT2D eigenvalue weighted by Crippen LogP contribution is 2.29. The number of nitrogens with zero attached hydrogens (tertiary/aromatic N) is 3. The molecule has 3 N–H and O–H groups in total. The molecule has 1 aromatic heterocycles. The first-order valence-corrected chi connectivity index (χ1v) is 7.84. The molecule has 0 saturated carbocycles. The van der Waals surface area contributed by atoms with Crippen LogP contribution in [0.3, 0.4) is 0 Å². The number of fused-ring (bicyclic) bond motifs is 1. The van der Waals surface area contributed by atoms with E-state index in [0.29, 0.717) is 23.0 Å². The highest BCUT2D eigenvalue weighted by atomic mass is 16.5. The number of methoxy groups -OCH3 is 2. The summed E-state index contributed by atoms with van der Waals surface area (Å²) in [6.07, 6.45) is 0. The maximum absolute atomic E-state index is 12.0. The number of hydrogen-bond donors (Lipinski definition) is 2. The zero-order valence-corrected chi connectivity index (χ0v) is 14.7. The number of ether oxygens (including phenoxy) is 2. The molecule has 0 aliphatic heterocycles. The number of benzene rings is 2. The first-order valence-electron chi connectivity index (χ1n) is 7.84. The Hall–Kier alpha value is -3.39. The smallest absolute Gasteiger partial charge is 0.356 e. The zero-order chi connectivity index (χ0) is 18.7. The Balaban J connectivity index is 0.000000269. The Kier molecular flexibility index (Phi) is 4.85. The summed E-state index contributed by atoms with van der Waals surface area (Å²) >= 11 is 0. The molecule has 0 unspecified atom stereocenters. The Morgan fingerprint density at radius 3 is 2.00 bits per heavy atom. The van der Waals surface area contributed by atoms with Gasteiger partial charge in [0.1, 0.15) is 5.82 Å². The quantitative estimate of drug-likeness (QED) is 0.426. The molecule has 8 heteroatoms. The lowest BCUT2D eigenvalue weighted by Gasteiger charge is -2.12. The Morgan fingerprint density at radius 1 is 0.962 bits per heavy atom. The van der Waals surface area contributed by atoms with Gasteiger partial charge in [0.15, 0.2) is 11.5 Å². The molecule has 4 rings (SSSR count). The number of nitrogen functional groups attached to an aromatic ring is 1. The molecule has 8 nitrogen and oxygen atoms in total. The summed E-state index contributed by atoms with van der Waals surface area (Å²) in [5.74, 6) is 6.81. The average Bonchev–Trinajstić information content (AvgIpc) is 2.64. The second-order valence-electron chi connectivity index (χ2n) is 5.47. The fourth-order valence-electron chi connectivity index (χ4n) is 2.50. The van der Waals surface area contributed by atoms with Crippen LogP contribution >= 0.6 is 0 Å². The van der Waals surface area contributed by atoms with Crippen molar-refractivity contribution in [2.45, 2.75) is 6.92 Å². The van der Waals surface area contributed by atoms with Crippen LogP contribution in [0, 0.1) is 6.92 Å². The van der Waals surface area contributed by atoms with E-state index in [1.165, 1.54) is 22.8 Å². The molecule has 134 valence electrons. The summed E-state index contributed by atoms with van der Waals surface area (Å²) in [6, 6.07) is 13.6. The van der Waals surface area contributed by atoms with Crippen LogP contribution < -0.4 is 26.4 Å². The molecular formula is C18H19N5O3. The Morgan fingerprint density at radius 2 is 1.58 bits per heavy atom. The first kappa shape index (κ1) is 17.4. The van der Waals surface area contributed by atoms with E-state index in [1.54, 1.807) is 32.2 Å². The van der Waals surface area contributed by atoms with Crippen molar-refractivity contribution in [3.8, 4) is 28.3 Å². The monoisotopic (exact) mass is 353 g/mol. The van der Waals surface area contributed by atoms with Crippen molar-refractivity contribution in [3.63, 3.8) is 0 Å². The molecule has 0 amide bonds. The van der Waals surface area contributed by atoms with Crippen LogP contribution in [-0.4, -0.2) is 28.8 Å². The summed E-state index contributed by atoms with van der Waals surface area (Å²) in [6.45, 7) is 1.68. The van der Waals surface area contributed by atoms with Gasteiger partial charge >= 0.3 is 5.69 Å². The number of hydrazine groups is 1. The summed E-state index contributed by atoms with van der Waals surface area (Å²) < 4.78 is 11.7. The Bertz CT molecular complexity index is 962. The minimum atomic E-state index is -0.488. The molecule has 0 radical (unpaired) electrons. The van der Waals surface area contributed by atoms with Crippen LogP contribution in [0.15, 0.2) is 47.3 Å². The van der Waals surface area contributed by atoms with Crippen LogP contribution in [-0.2, 0) is 0 Å². The van der Waals surface area contributed by atoms with Crippen molar-refractivity contribution in [1.29, 1.82) is 0 Å². The maximum atomic E-state index is 12.0. The fraction of sp³-hybridized carbons (Fsp3) is 0.167. The van der Waals surface area contributed by atoms with E-state index in [4.69, 9.17) is 15.3 Å². The van der Waals surface area contributed by atoms with Crippen LogP contribution in [0.4, 0.5) is 5.95 Å². The number of hydrogen-bond acceptors (Lipinski definition) is 7. The Labute approximate surface area is 150 Å². The highest BCUT2D eigenvalue weighted by Gasteiger charge is 2.11. The van der Waals surface area contributed by atoms with E-state index in [1.807, 2.05) is 0 Å². The highest BCUT2D eigenvalue weighted by molar-refractivity contribution is 5.75. The van der Waals surface area contributed by atoms with Gasteiger partial charge in [0.2, 0.25) is 5.95 Å². The largest absolute Gasteiger partial charge is 0.493 e. The molecular weight excluding hydrogens is 334 g/mol. The van der Waals surface area contributed by atoms with Crippen LogP contribution in [0.1, 0.15) is 5.82 Å². The maximum Gasteiger partial charge on any atom is 0.356 e. The predicted molar refractivity (Wildman–Crippen MR) is 98.7 cm³/mol. The molecule has 0 bridgehead atoms. The lowest BCUT2D eigenvalue weighted by atomic mass is 9.95. The molecule has 0 spiro atoms. The lowest BCUT2D eigenvalue weighted by molar-refractivity contribution is 0.355. The molecule has 2 aromatic rings. The molecule has 2 aliphatic carbocycles. The van der Waals surface area contributed by atoms with Crippen LogP contribution in [0.25, 0.3) is 16.8 Å². The van der Waals surface area contributed by atoms with E-state index in [0.717, 1.165) is 0 Å². The first-order chi connectivity index (χ1) is 12.6. The van der Waals surface area contributed by atoms with E-state index in [2.05, 4.69) is 39.7 Å². The van der Waals surface area contributed by atoms with Gasteiger partial charge in [0.25, 0.3) is 0 Å². The van der Waals surface area contributed by atoms with Gasteiger partial charge in [0.05, 0.1) is 19.9 Å². The van der Waals surface area contributed by atoms with Gasteiger partial charge in [-0.1, -0.05) is 24.3 Å². The number of nitrogens with two attached hydrogens (primary N) is 1. The number of aryl methyl sites for hydroxylation is 1. The van der Waals surface area contributed by atoms with Crippen molar-refractivity contribution < 1.29 is 9.47 Å². The minimum Gasteiger partial charge on any atom is -0.493 e. The van der Waals surface area contributed by atoms with Crippen molar-refractivity contribution in [1.82, 2.24) is 14.5 Å². The summed E-state index contributed by atoms with van der Waals surface area (Å²) in [5, 5.41) is 0. The second kappa shape index (κ2) is 7.24.